The lowest BCUT2D eigenvalue weighted by Crippen LogP contribution is -2.26. The summed E-state index contributed by atoms with van der Waals surface area (Å²) in [4.78, 5) is 29.5. The quantitative estimate of drug-likeness (QED) is 0.543. The number of benzene rings is 2. The van der Waals surface area contributed by atoms with Crippen molar-refractivity contribution >= 4 is 16.9 Å². The molecule has 3 aromatic rings. The minimum atomic E-state index is -0.559. The van der Waals surface area contributed by atoms with Gasteiger partial charge in [-0.05, 0) is 49.2 Å². The first-order valence-corrected chi connectivity index (χ1v) is 10.0. The molecule has 1 saturated heterocycles. The molecule has 2 aromatic carbocycles. The van der Waals surface area contributed by atoms with E-state index in [1.165, 1.54) is 4.57 Å². The van der Waals surface area contributed by atoms with E-state index in [0.29, 0.717) is 28.8 Å². The summed E-state index contributed by atoms with van der Waals surface area (Å²) in [5.41, 5.74) is 0.492. The number of rotatable bonds is 7. The van der Waals surface area contributed by atoms with E-state index in [4.69, 9.17) is 19.5 Å². The number of hydrogen-bond donors (Lipinski definition) is 0. The highest BCUT2D eigenvalue weighted by Gasteiger charge is 2.17. The minimum Gasteiger partial charge on any atom is -0.491 e. The van der Waals surface area contributed by atoms with Gasteiger partial charge in [0.25, 0.3) is 5.56 Å². The number of nitrogens with zero attached hydrogens (tertiary/aromatic N) is 3. The molecule has 158 valence electrons. The Bertz CT molecular complexity index is 1170. The number of esters is 1. The maximum absolute atomic E-state index is 12.7. The van der Waals surface area contributed by atoms with E-state index in [1.807, 2.05) is 6.07 Å². The normalized spacial score (nSPS) is 15.5. The molecule has 1 aromatic heterocycles. The molecule has 1 aliphatic rings. The maximum Gasteiger partial charge on any atom is 0.338 e. The third kappa shape index (κ3) is 4.73. The maximum atomic E-state index is 12.7. The fraction of sp³-hybridized carbons (Fsp3) is 0.304. The van der Waals surface area contributed by atoms with E-state index < -0.39 is 5.97 Å². The predicted octanol–water partition coefficient (Wildman–Crippen LogP) is 2.83. The molecule has 1 unspecified atom stereocenters. The number of aromatic nitrogens is 2. The molecule has 0 amide bonds. The fourth-order valence-electron chi connectivity index (χ4n) is 3.42. The highest BCUT2D eigenvalue weighted by molar-refractivity contribution is 5.89. The van der Waals surface area contributed by atoms with Gasteiger partial charge in [-0.25, -0.2) is 9.78 Å². The lowest BCUT2D eigenvalue weighted by Gasteiger charge is -2.12. The Labute approximate surface area is 178 Å². The molecule has 0 saturated carbocycles. The summed E-state index contributed by atoms with van der Waals surface area (Å²) in [6.45, 7) is 0.846. The zero-order valence-corrected chi connectivity index (χ0v) is 16.8. The number of fused-ring (bicyclic) bond motifs is 1. The minimum absolute atomic E-state index is 0.116. The Kier molecular flexibility index (Phi) is 6.24. The number of carbonyl (C=O) groups excluding carboxylic acids is 1. The van der Waals surface area contributed by atoms with E-state index in [-0.39, 0.29) is 30.6 Å². The molecule has 0 spiro atoms. The van der Waals surface area contributed by atoms with Crippen LogP contribution in [-0.2, 0) is 22.6 Å². The molecule has 1 fully saturated rings. The van der Waals surface area contributed by atoms with Gasteiger partial charge in [-0.15, -0.1) is 0 Å². The number of carbonyl (C=O) groups is 1. The molecule has 31 heavy (non-hydrogen) atoms. The lowest BCUT2D eigenvalue weighted by atomic mass is 10.2. The van der Waals surface area contributed by atoms with Gasteiger partial charge in [-0.2, -0.15) is 5.26 Å². The zero-order chi connectivity index (χ0) is 21.6. The van der Waals surface area contributed by atoms with Crippen LogP contribution in [0.2, 0.25) is 0 Å². The van der Waals surface area contributed by atoms with Crippen LogP contribution in [0.15, 0.2) is 53.3 Å². The van der Waals surface area contributed by atoms with Crippen molar-refractivity contribution in [2.24, 2.45) is 0 Å². The monoisotopic (exact) mass is 419 g/mol. The van der Waals surface area contributed by atoms with Gasteiger partial charge >= 0.3 is 5.97 Å². The highest BCUT2D eigenvalue weighted by Crippen LogP contribution is 2.17. The van der Waals surface area contributed by atoms with Gasteiger partial charge < -0.3 is 14.2 Å². The second-order valence-corrected chi connectivity index (χ2v) is 7.14. The molecular weight excluding hydrogens is 398 g/mol. The molecular formula is C23H21N3O5. The van der Waals surface area contributed by atoms with Crippen LogP contribution in [0.5, 0.6) is 5.75 Å². The van der Waals surface area contributed by atoms with Crippen LogP contribution >= 0.6 is 0 Å². The van der Waals surface area contributed by atoms with Crippen molar-refractivity contribution in [2.45, 2.75) is 32.1 Å². The lowest BCUT2D eigenvalue weighted by molar-refractivity contribution is 0.0457. The van der Waals surface area contributed by atoms with Gasteiger partial charge in [0, 0.05) is 6.61 Å². The molecule has 1 aliphatic heterocycles. The Hall–Kier alpha value is -3.70. The summed E-state index contributed by atoms with van der Waals surface area (Å²) < 4.78 is 17.8. The third-order valence-corrected chi connectivity index (χ3v) is 5.05. The van der Waals surface area contributed by atoms with E-state index in [2.05, 4.69) is 4.98 Å². The predicted molar refractivity (Wildman–Crippen MR) is 112 cm³/mol. The van der Waals surface area contributed by atoms with Crippen molar-refractivity contribution < 1.29 is 19.0 Å². The van der Waals surface area contributed by atoms with Crippen LogP contribution in [0, 0.1) is 11.3 Å². The summed E-state index contributed by atoms with van der Waals surface area (Å²) >= 11 is 0. The van der Waals surface area contributed by atoms with Crippen LogP contribution in [0.1, 0.15) is 29.0 Å². The van der Waals surface area contributed by atoms with Gasteiger partial charge in [0.1, 0.15) is 25.5 Å². The molecule has 0 aliphatic carbocycles. The van der Waals surface area contributed by atoms with Crippen molar-refractivity contribution in [1.29, 1.82) is 5.26 Å². The van der Waals surface area contributed by atoms with Gasteiger partial charge in [0.15, 0.2) is 5.82 Å². The molecule has 0 N–H and O–H groups in total. The first-order chi connectivity index (χ1) is 15.2. The Morgan fingerprint density at radius 1 is 1.23 bits per heavy atom. The van der Waals surface area contributed by atoms with Crippen LogP contribution in [-0.4, -0.2) is 34.8 Å². The van der Waals surface area contributed by atoms with E-state index in [1.54, 1.807) is 48.5 Å². The smallest absolute Gasteiger partial charge is 0.338 e. The van der Waals surface area contributed by atoms with Gasteiger partial charge in [0.2, 0.25) is 0 Å². The fourth-order valence-corrected chi connectivity index (χ4v) is 3.42. The summed E-state index contributed by atoms with van der Waals surface area (Å²) in [7, 11) is 0. The molecule has 0 bridgehead atoms. The summed E-state index contributed by atoms with van der Waals surface area (Å²) in [5, 5.41) is 9.48. The van der Waals surface area contributed by atoms with Crippen molar-refractivity contribution in [3.63, 3.8) is 0 Å². The van der Waals surface area contributed by atoms with Crippen molar-refractivity contribution in [3.8, 4) is 11.8 Å². The topological polar surface area (TPSA) is 103 Å². The number of para-hydroxylation sites is 1. The largest absolute Gasteiger partial charge is 0.491 e. The van der Waals surface area contributed by atoms with E-state index in [9.17, 15) is 9.59 Å². The van der Waals surface area contributed by atoms with Gasteiger partial charge in [0.05, 0.1) is 28.6 Å². The van der Waals surface area contributed by atoms with Crippen molar-refractivity contribution in [1.82, 2.24) is 9.55 Å². The summed E-state index contributed by atoms with van der Waals surface area (Å²) in [5.74, 6) is 0.304. The Morgan fingerprint density at radius 2 is 2.03 bits per heavy atom. The zero-order valence-electron chi connectivity index (χ0n) is 16.8. The third-order valence-electron chi connectivity index (χ3n) is 5.05. The van der Waals surface area contributed by atoms with Crippen molar-refractivity contribution in [2.75, 3.05) is 13.2 Å². The highest BCUT2D eigenvalue weighted by atomic mass is 16.5. The first kappa shape index (κ1) is 20.6. The average Bonchev–Trinajstić information content (AvgIpc) is 3.32. The van der Waals surface area contributed by atoms with Gasteiger partial charge in [-0.1, -0.05) is 12.1 Å². The first-order valence-electron chi connectivity index (χ1n) is 10.0. The van der Waals surface area contributed by atoms with Crippen molar-refractivity contribution in [3.05, 3.63) is 70.3 Å². The molecule has 8 heteroatoms. The Morgan fingerprint density at radius 3 is 2.77 bits per heavy atom. The SMILES string of the molecule is N#CCn1c(COC(=O)c2ccc(OCC3CCCO3)cc2)nc2ccccc2c1=O. The van der Waals surface area contributed by atoms with E-state index >= 15 is 0 Å². The van der Waals surface area contributed by atoms with Crippen LogP contribution in [0.4, 0.5) is 0 Å². The standard InChI is InChI=1S/C23H21N3O5/c24-11-12-26-21(25-20-6-2-1-5-19(20)22(26)27)15-31-23(28)16-7-9-17(10-8-16)30-14-18-4-3-13-29-18/h1-2,5-10,18H,3-4,12-15H2. The van der Waals surface area contributed by atoms with E-state index in [0.717, 1.165) is 19.4 Å². The number of ether oxygens (including phenoxy) is 3. The Balaban J connectivity index is 1.43. The van der Waals surface area contributed by atoms with Crippen LogP contribution < -0.4 is 10.3 Å². The second kappa shape index (κ2) is 9.41. The van der Waals surface area contributed by atoms with Crippen LogP contribution in [0.3, 0.4) is 0 Å². The molecule has 0 radical (unpaired) electrons. The summed E-state index contributed by atoms with van der Waals surface area (Å²) in [6.07, 6.45) is 2.15. The molecule has 4 rings (SSSR count). The second-order valence-electron chi connectivity index (χ2n) is 7.14. The average molecular weight is 419 g/mol. The number of hydrogen-bond acceptors (Lipinski definition) is 7. The molecule has 2 heterocycles. The van der Waals surface area contributed by atoms with Crippen LogP contribution in [0.25, 0.3) is 10.9 Å². The molecule has 8 nitrogen and oxygen atoms in total. The van der Waals surface area contributed by atoms with Gasteiger partial charge in [-0.3, -0.25) is 9.36 Å². The molecule has 1 atom stereocenters. The summed E-state index contributed by atoms with van der Waals surface area (Å²) in [6, 6.07) is 15.4. The number of nitriles is 1.